The topological polar surface area (TPSA) is 38.2 Å². The van der Waals surface area contributed by atoms with Crippen LogP contribution in [0.1, 0.15) is 19.3 Å². The molecule has 1 saturated heterocycles. The summed E-state index contributed by atoms with van der Waals surface area (Å²) in [7, 11) is 1.68. The fourth-order valence-electron chi connectivity index (χ4n) is 2.53. The van der Waals surface area contributed by atoms with Crippen molar-refractivity contribution in [2.24, 2.45) is 0 Å². The summed E-state index contributed by atoms with van der Waals surface area (Å²) >= 11 is 0. The minimum absolute atomic E-state index is 0.844. The van der Waals surface area contributed by atoms with Gasteiger partial charge in [-0.2, -0.15) is 0 Å². The van der Waals surface area contributed by atoms with Crippen molar-refractivity contribution in [3.63, 3.8) is 0 Å². The van der Waals surface area contributed by atoms with Crippen LogP contribution >= 0.6 is 0 Å². The number of ether oxygens (including phenoxy) is 1. The van der Waals surface area contributed by atoms with Crippen LogP contribution in [0.15, 0.2) is 36.7 Å². The average molecular weight is 269 g/mol. The SMILES string of the molecule is COc1cccc(-c2cnc(N3CCCCC3)nc2)c1. The minimum Gasteiger partial charge on any atom is -0.497 e. The van der Waals surface area contributed by atoms with Gasteiger partial charge in [0, 0.05) is 31.0 Å². The average Bonchev–Trinajstić information content (AvgIpc) is 2.56. The first-order valence-corrected chi connectivity index (χ1v) is 7.08. The zero-order chi connectivity index (χ0) is 13.8. The van der Waals surface area contributed by atoms with Gasteiger partial charge >= 0.3 is 0 Å². The zero-order valence-electron chi connectivity index (χ0n) is 11.7. The summed E-state index contributed by atoms with van der Waals surface area (Å²) in [5.41, 5.74) is 2.10. The molecule has 4 nitrogen and oxygen atoms in total. The first kappa shape index (κ1) is 12.9. The first-order valence-electron chi connectivity index (χ1n) is 7.08. The molecule has 0 spiro atoms. The number of nitrogens with zero attached hydrogens (tertiary/aromatic N) is 3. The van der Waals surface area contributed by atoms with E-state index in [9.17, 15) is 0 Å². The maximum atomic E-state index is 5.25. The highest BCUT2D eigenvalue weighted by atomic mass is 16.5. The number of hydrogen-bond donors (Lipinski definition) is 0. The van der Waals surface area contributed by atoms with E-state index in [1.54, 1.807) is 7.11 Å². The summed E-state index contributed by atoms with van der Waals surface area (Å²) in [6.45, 7) is 2.14. The van der Waals surface area contributed by atoms with Crippen molar-refractivity contribution in [1.29, 1.82) is 0 Å². The number of methoxy groups -OCH3 is 1. The van der Waals surface area contributed by atoms with E-state index >= 15 is 0 Å². The Balaban J connectivity index is 1.81. The Kier molecular flexibility index (Phi) is 3.81. The van der Waals surface area contributed by atoms with E-state index in [1.807, 2.05) is 36.7 Å². The van der Waals surface area contributed by atoms with Crippen LogP contribution in [-0.2, 0) is 0 Å². The second-order valence-electron chi connectivity index (χ2n) is 5.05. The van der Waals surface area contributed by atoms with E-state index in [4.69, 9.17) is 4.74 Å². The first-order chi connectivity index (χ1) is 9.86. The van der Waals surface area contributed by atoms with E-state index in [0.29, 0.717) is 0 Å². The number of aromatic nitrogens is 2. The van der Waals surface area contributed by atoms with Gasteiger partial charge in [0.2, 0.25) is 5.95 Å². The predicted octanol–water partition coefficient (Wildman–Crippen LogP) is 3.14. The molecule has 0 atom stereocenters. The van der Waals surface area contributed by atoms with Gasteiger partial charge in [0.15, 0.2) is 0 Å². The molecular weight excluding hydrogens is 250 g/mol. The number of piperidine rings is 1. The largest absolute Gasteiger partial charge is 0.497 e. The Hall–Kier alpha value is -2.10. The molecule has 1 aromatic carbocycles. The zero-order valence-corrected chi connectivity index (χ0v) is 11.7. The monoisotopic (exact) mass is 269 g/mol. The van der Waals surface area contributed by atoms with E-state index in [2.05, 4.69) is 14.9 Å². The summed E-state index contributed by atoms with van der Waals surface area (Å²) in [6, 6.07) is 7.96. The fourth-order valence-corrected chi connectivity index (χ4v) is 2.53. The summed E-state index contributed by atoms with van der Waals surface area (Å²) in [4.78, 5) is 11.3. The highest BCUT2D eigenvalue weighted by molar-refractivity contribution is 5.63. The third-order valence-electron chi connectivity index (χ3n) is 3.68. The normalized spacial score (nSPS) is 15.2. The third kappa shape index (κ3) is 2.74. The second-order valence-corrected chi connectivity index (χ2v) is 5.05. The van der Waals surface area contributed by atoms with Gasteiger partial charge < -0.3 is 9.64 Å². The molecule has 3 rings (SSSR count). The summed E-state index contributed by atoms with van der Waals surface area (Å²) in [5, 5.41) is 0. The van der Waals surface area contributed by atoms with Crippen LogP contribution in [0.4, 0.5) is 5.95 Å². The van der Waals surface area contributed by atoms with Crippen molar-refractivity contribution < 1.29 is 4.74 Å². The van der Waals surface area contributed by atoms with Crippen molar-refractivity contribution in [3.05, 3.63) is 36.7 Å². The van der Waals surface area contributed by atoms with Crippen LogP contribution in [0.3, 0.4) is 0 Å². The van der Waals surface area contributed by atoms with Crippen LogP contribution in [0, 0.1) is 0 Å². The molecule has 4 heteroatoms. The smallest absolute Gasteiger partial charge is 0.225 e. The molecular formula is C16H19N3O. The Morgan fingerprint density at radius 1 is 1.00 bits per heavy atom. The van der Waals surface area contributed by atoms with Crippen molar-refractivity contribution in [2.75, 3.05) is 25.1 Å². The summed E-state index contributed by atoms with van der Waals surface area (Å²) in [6.07, 6.45) is 7.58. The maximum absolute atomic E-state index is 5.25. The van der Waals surface area contributed by atoms with Gasteiger partial charge in [0.1, 0.15) is 5.75 Å². The molecule has 1 fully saturated rings. The molecule has 0 saturated carbocycles. The van der Waals surface area contributed by atoms with Crippen molar-refractivity contribution in [3.8, 4) is 16.9 Å². The summed E-state index contributed by atoms with van der Waals surface area (Å²) < 4.78 is 5.25. The number of hydrogen-bond acceptors (Lipinski definition) is 4. The lowest BCUT2D eigenvalue weighted by molar-refractivity contribution is 0.415. The van der Waals surface area contributed by atoms with Gasteiger partial charge in [-0.25, -0.2) is 9.97 Å². The fraction of sp³-hybridized carbons (Fsp3) is 0.375. The van der Waals surface area contributed by atoms with Gasteiger partial charge in [0.05, 0.1) is 7.11 Å². The Labute approximate surface area is 119 Å². The predicted molar refractivity (Wildman–Crippen MR) is 80.1 cm³/mol. The van der Waals surface area contributed by atoms with Crippen LogP contribution < -0.4 is 9.64 Å². The molecule has 0 unspecified atom stereocenters. The van der Waals surface area contributed by atoms with Crippen LogP contribution in [-0.4, -0.2) is 30.2 Å². The molecule has 0 radical (unpaired) electrons. The highest BCUT2D eigenvalue weighted by Gasteiger charge is 2.13. The lowest BCUT2D eigenvalue weighted by atomic mass is 10.1. The molecule has 2 heterocycles. The molecule has 0 N–H and O–H groups in total. The molecule has 1 aromatic heterocycles. The van der Waals surface area contributed by atoms with Crippen molar-refractivity contribution >= 4 is 5.95 Å². The van der Waals surface area contributed by atoms with Crippen LogP contribution in [0.5, 0.6) is 5.75 Å². The standard InChI is InChI=1S/C16H19N3O/c1-20-15-7-5-6-13(10-15)14-11-17-16(18-12-14)19-8-3-2-4-9-19/h5-7,10-12H,2-4,8-9H2,1H3. The van der Waals surface area contributed by atoms with Gasteiger partial charge in [-0.3, -0.25) is 0 Å². The van der Waals surface area contributed by atoms with Crippen molar-refractivity contribution in [2.45, 2.75) is 19.3 Å². The van der Waals surface area contributed by atoms with Gasteiger partial charge in [-0.15, -0.1) is 0 Å². The lowest BCUT2D eigenvalue weighted by Gasteiger charge is -2.26. The molecule has 0 bridgehead atoms. The molecule has 2 aromatic rings. The third-order valence-corrected chi connectivity index (χ3v) is 3.68. The van der Waals surface area contributed by atoms with Gasteiger partial charge in [0.25, 0.3) is 0 Å². The molecule has 1 aliphatic heterocycles. The van der Waals surface area contributed by atoms with Gasteiger partial charge in [-0.1, -0.05) is 12.1 Å². The molecule has 0 aliphatic carbocycles. The van der Waals surface area contributed by atoms with E-state index in [0.717, 1.165) is 35.9 Å². The second kappa shape index (κ2) is 5.90. The number of anilines is 1. The Morgan fingerprint density at radius 3 is 2.45 bits per heavy atom. The number of benzene rings is 1. The van der Waals surface area contributed by atoms with Crippen molar-refractivity contribution in [1.82, 2.24) is 9.97 Å². The summed E-state index contributed by atoms with van der Waals surface area (Å²) in [5.74, 6) is 1.69. The van der Waals surface area contributed by atoms with Gasteiger partial charge in [-0.05, 0) is 37.0 Å². The Bertz CT molecular complexity index is 562. The van der Waals surface area contributed by atoms with Crippen LogP contribution in [0.2, 0.25) is 0 Å². The molecule has 104 valence electrons. The lowest BCUT2D eigenvalue weighted by Crippen LogP contribution is -2.30. The molecule has 1 aliphatic rings. The van der Waals surface area contributed by atoms with Crippen LogP contribution in [0.25, 0.3) is 11.1 Å². The minimum atomic E-state index is 0.844. The maximum Gasteiger partial charge on any atom is 0.225 e. The Morgan fingerprint density at radius 2 is 1.75 bits per heavy atom. The van der Waals surface area contributed by atoms with E-state index < -0.39 is 0 Å². The molecule has 0 amide bonds. The molecule has 20 heavy (non-hydrogen) atoms. The number of rotatable bonds is 3. The van der Waals surface area contributed by atoms with E-state index in [1.165, 1.54) is 19.3 Å². The quantitative estimate of drug-likeness (QED) is 0.858. The van der Waals surface area contributed by atoms with E-state index in [-0.39, 0.29) is 0 Å². The highest BCUT2D eigenvalue weighted by Crippen LogP contribution is 2.24.